The molecule has 1 N–H and O–H groups in total. The zero-order chi connectivity index (χ0) is 12.4. The molecule has 0 unspecified atom stereocenters. The maximum atomic E-state index is 12.0. The van der Waals surface area contributed by atoms with Crippen molar-refractivity contribution in [3.8, 4) is 0 Å². The largest absolute Gasteiger partial charge is 0.481 e. The van der Waals surface area contributed by atoms with Crippen molar-refractivity contribution in [1.82, 2.24) is 9.55 Å². The van der Waals surface area contributed by atoms with Crippen molar-refractivity contribution in [2.45, 2.75) is 12.8 Å². The van der Waals surface area contributed by atoms with Crippen LogP contribution in [0.3, 0.4) is 0 Å². The zero-order valence-corrected chi connectivity index (χ0v) is 9.38. The molecule has 0 fully saturated rings. The molecule has 17 heavy (non-hydrogen) atoms. The fraction of sp³-hybridized carbons (Fsp3) is 0.250. The average molecular weight is 232 g/mol. The summed E-state index contributed by atoms with van der Waals surface area (Å²) in [7, 11) is 1.61. The lowest BCUT2D eigenvalue weighted by atomic mass is 10.2. The number of nitrogens with zero attached hydrogens (tertiary/aromatic N) is 2. The molecule has 5 nitrogen and oxygen atoms in total. The summed E-state index contributed by atoms with van der Waals surface area (Å²) in [6.07, 6.45) is 0.227. The van der Waals surface area contributed by atoms with E-state index in [1.54, 1.807) is 31.3 Å². The molecule has 5 heteroatoms. The minimum atomic E-state index is -0.896. The van der Waals surface area contributed by atoms with Crippen molar-refractivity contribution >= 4 is 16.9 Å². The average Bonchev–Trinajstić information content (AvgIpc) is 2.32. The Hall–Kier alpha value is -2.17. The lowest BCUT2D eigenvalue weighted by Crippen LogP contribution is -2.22. The van der Waals surface area contributed by atoms with Gasteiger partial charge in [-0.2, -0.15) is 0 Å². The summed E-state index contributed by atoms with van der Waals surface area (Å²) in [5.41, 5.74) is 0.465. The fourth-order valence-corrected chi connectivity index (χ4v) is 1.71. The first-order chi connectivity index (χ1) is 8.09. The van der Waals surface area contributed by atoms with Gasteiger partial charge in [-0.05, 0) is 12.1 Å². The maximum Gasteiger partial charge on any atom is 0.303 e. The van der Waals surface area contributed by atoms with Gasteiger partial charge in [0.25, 0.3) is 5.56 Å². The molecule has 0 radical (unpaired) electrons. The van der Waals surface area contributed by atoms with Gasteiger partial charge < -0.3 is 5.11 Å². The maximum absolute atomic E-state index is 12.0. The molecule has 0 aliphatic rings. The topological polar surface area (TPSA) is 72.2 Å². The van der Waals surface area contributed by atoms with E-state index in [0.29, 0.717) is 16.7 Å². The van der Waals surface area contributed by atoms with Crippen LogP contribution in [0.5, 0.6) is 0 Å². The molecule has 0 bridgehead atoms. The van der Waals surface area contributed by atoms with Crippen LogP contribution < -0.4 is 5.56 Å². The first-order valence-corrected chi connectivity index (χ1v) is 5.26. The minimum Gasteiger partial charge on any atom is -0.481 e. The van der Waals surface area contributed by atoms with Gasteiger partial charge in [-0.1, -0.05) is 12.1 Å². The Morgan fingerprint density at radius 2 is 2.12 bits per heavy atom. The Morgan fingerprint density at radius 3 is 2.82 bits per heavy atom. The highest BCUT2D eigenvalue weighted by Gasteiger charge is 2.08. The molecule has 0 aliphatic carbocycles. The molecule has 1 heterocycles. The number of aromatic nitrogens is 2. The second-order valence-electron chi connectivity index (χ2n) is 3.80. The molecule has 88 valence electrons. The summed E-state index contributed by atoms with van der Waals surface area (Å²) in [6, 6.07) is 7.05. The van der Waals surface area contributed by atoms with Crippen molar-refractivity contribution in [2.24, 2.45) is 7.05 Å². The highest BCUT2D eigenvalue weighted by molar-refractivity contribution is 5.77. The Labute approximate surface area is 97.3 Å². The van der Waals surface area contributed by atoms with Crippen LogP contribution in [-0.2, 0) is 18.3 Å². The van der Waals surface area contributed by atoms with E-state index in [2.05, 4.69) is 4.98 Å². The third-order valence-electron chi connectivity index (χ3n) is 2.64. The summed E-state index contributed by atoms with van der Waals surface area (Å²) in [5, 5.41) is 9.18. The fourth-order valence-electron chi connectivity index (χ4n) is 1.71. The molecule has 0 amide bonds. The quantitative estimate of drug-likeness (QED) is 0.855. The highest BCUT2D eigenvalue weighted by atomic mass is 16.4. The van der Waals surface area contributed by atoms with Crippen LogP contribution in [0.15, 0.2) is 29.1 Å². The lowest BCUT2D eigenvalue weighted by Gasteiger charge is -2.07. The Bertz CT molecular complexity index is 631. The van der Waals surface area contributed by atoms with Gasteiger partial charge >= 0.3 is 5.97 Å². The molecule has 1 aromatic carbocycles. The van der Waals surface area contributed by atoms with Crippen LogP contribution in [-0.4, -0.2) is 20.6 Å². The van der Waals surface area contributed by atoms with Crippen LogP contribution in [0.1, 0.15) is 12.2 Å². The predicted octanol–water partition coefficient (Wildman–Crippen LogP) is 0.951. The molecule has 2 rings (SSSR count). The predicted molar refractivity (Wildman–Crippen MR) is 62.9 cm³/mol. The van der Waals surface area contributed by atoms with Gasteiger partial charge in [0.15, 0.2) is 0 Å². The third-order valence-corrected chi connectivity index (χ3v) is 2.64. The summed E-state index contributed by atoms with van der Waals surface area (Å²) in [4.78, 5) is 26.8. The molecular formula is C12H12N2O3. The molecular weight excluding hydrogens is 220 g/mol. The zero-order valence-electron chi connectivity index (χ0n) is 9.38. The number of fused-ring (bicyclic) bond motifs is 1. The number of carboxylic acid groups (broad SMARTS) is 1. The second kappa shape index (κ2) is 4.37. The first-order valence-electron chi connectivity index (χ1n) is 5.26. The number of aliphatic carboxylic acids is 1. The Balaban J connectivity index is 2.54. The Morgan fingerprint density at radius 1 is 1.41 bits per heavy atom. The van der Waals surface area contributed by atoms with Gasteiger partial charge in [0.1, 0.15) is 5.82 Å². The number of benzene rings is 1. The van der Waals surface area contributed by atoms with Crippen molar-refractivity contribution in [2.75, 3.05) is 0 Å². The van der Waals surface area contributed by atoms with Gasteiger partial charge in [-0.25, -0.2) is 4.98 Å². The standard InChI is InChI=1S/C12H12N2O3/c1-14-10(6-7-11(15)16)13-9-5-3-2-4-8(9)12(14)17/h2-5H,6-7H2,1H3,(H,15,16). The van der Waals surface area contributed by atoms with E-state index < -0.39 is 5.97 Å². The van der Waals surface area contributed by atoms with Crippen molar-refractivity contribution in [3.05, 3.63) is 40.4 Å². The number of rotatable bonds is 3. The molecule has 0 saturated heterocycles. The van der Waals surface area contributed by atoms with Crippen LogP contribution in [0.25, 0.3) is 10.9 Å². The van der Waals surface area contributed by atoms with Crippen LogP contribution in [0.2, 0.25) is 0 Å². The SMILES string of the molecule is Cn1c(CCC(=O)O)nc2ccccc2c1=O. The van der Waals surface area contributed by atoms with E-state index in [4.69, 9.17) is 5.11 Å². The second-order valence-corrected chi connectivity index (χ2v) is 3.80. The Kier molecular flexibility index (Phi) is 2.91. The van der Waals surface area contributed by atoms with E-state index in [1.165, 1.54) is 4.57 Å². The number of hydrogen-bond donors (Lipinski definition) is 1. The van der Waals surface area contributed by atoms with Gasteiger partial charge in [-0.3, -0.25) is 14.2 Å². The number of para-hydroxylation sites is 1. The van der Waals surface area contributed by atoms with Crippen molar-refractivity contribution in [3.63, 3.8) is 0 Å². The van der Waals surface area contributed by atoms with E-state index in [0.717, 1.165) is 0 Å². The van der Waals surface area contributed by atoms with E-state index >= 15 is 0 Å². The summed E-state index contributed by atoms with van der Waals surface area (Å²) in [6.45, 7) is 0. The van der Waals surface area contributed by atoms with Crippen LogP contribution in [0.4, 0.5) is 0 Å². The summed E-state index contributed by atoms with van der Waals surface area (Å²) in [5.74, 6) is -0.400. The monoisotopic (exact) mass is 232 g/mol. The molecule has 0 saturated carbocycles. The number of aryl methyl sites for hydroxylation is 1. The number of hydrogen-bond acceptors (Lipinski definition) is 3. The van der Waals surface area contributed by atoms with Gasteiger partial charge in [-0.15, -0.1) is 0 Å². The molecule has 1 aromatic heterocycles. The normalized spacial score (nSPS) is 10.6. The molecule has 0 aliphatic heterocycles. The summed E-state index contributed by atoms with van der Waals surface area (Å²) < 4.78 is 1.41. The third kappa shape index (κ3) is 2.18. The van der Waals surface area contributed by atoms with Gasteiger partial charge in [0.05, 0.1) is 17.3 Å². The lowest BCUT2D eigenvalue weighted by molar-refractivity contribution is -0.137. The van der Waals surface area contributed by atoms with Crippen LogP contribution >= 0.6 is 0 Å². The van der Waals surface area contributed by atoms with Crippen LogP contribution in [0, 0.1) is 0 Å². The van der Waals surface area contributed by atoms with E-state index in [9.17, 15) is 9.59 Å². The number of carbonyl (C=O) groups is 1. The molecule has 0 atom stereocenters. The van der Waals surface area contributed by atoms with E-state index in [1.807, 2.05) is 0 Å². The minimum absolute atomic E-state index is 0.0291. The molecule has 0 spiro atoms. The first kappa shape index (κ1) is 11.3. The smallest absolute Gasteiger partial charge is 0.303 e. The summed E-state index contributed by atoms with van der Waals surface area (Å²) >= 11 is 0. The molecule has 2 aromatic rings. The number of carboxylic acids is 1. The van der Waals surface area contributed by atoms with Gasteiger partial charge in [0.2, 0.25) is 0 Å². The van der Waals surface area contributed by atoms with Gasteiger partial charge in [0, 0.05) is 13.5 Å². The van der Waals surface area contributed by atoms with Crippen molar-refractivity contribution < 1.29 is 9.90 Å². The van der Waals surface area contributed by atoms with Crippen molar-refractivity contribution in [1.29, 1.82) is 0 Å². The highest BCUT2D eigenvalue weighted by Crippen LogP contribution is 2.08. The van der Waals surface area contributed by atoms with E-state index in [-0.39, 0.29) is 18.4 Å².